The fourth-order valence-corrected chi connectivity index (χ4v) is 3.08. The van der Waals surface area contributed by atoms with Crippen LogP contribution in [-0.4, -0.2) is 59.8 Å². The number of nitrogens with one attached hydrogen (secondary N) is 1. The molecule has 1 saturated heterocycles. The van der Waals surface area contributed by atoms with E-state index < -0.39 is 57.7 Å². The number of rotatable bonds is 4. The molecule has 0 amide bonds. The van der Waals surface area contributed by atoms with Crippen molar-refractivity contribution in [2.75, 3.05) is 0 Å². The third-order valence-electron chi connectivity index (χ3n) is 4.09. The zero-order chi connectivity index (χ0) is 19.3. The maximum atomic E-state index is 13.7. The highest BCUT2D eigenvalue weighted by Gasteiger charge is 2.73. The maximum absolute atomic E-state index is 13.7. The molecule has 0 saturated carbocycles. The van der Waals surface area contributed by atoms with Crippen molar-refractivity contribution in [3.63, 3.8) is 0 Å². The zero-order valence-corrected chi connectivity index (χ0v) is 13.7. The molecule has 1 unspecified atom stereocenters. The number of ketones is 2. The quantitative estimate of drug-likeness (QED) is 0.419. The Morgan fingerprint density at radius 1 is 1.40 bits per heavy atom. The van der Waals surface area contributed by atoms with E-state index in [4.69, 9.17) is 16.3 Å². The fourth-order valence-electron chi connectivity index (χ4n) is 2.89. The second-order valence-electron chi connectivity index (χ2n) is 5.53. The summed E-state index contributed by atoms with van der Waals surface area (Å²) < 4.78 is 19.0. The summed E-state index contributed by atoms with van der Waals surface area (Å²) in [5.41, 5.74) is -10.9. The van der Waals surface area contributed by atoms with Gasteiger partial charge in [-0.05, 0) is 13.8 Å². The van der Waals surface area contributed by atoms with E-state index in [0.29, 0.717) is 0 Å². The molecule has 25 heavy (non-hydrogen) atoms. The van der Waals surface area contributed by atoms with Gasteiger partial charge in [-0.2, -0.15) is 4.39 Å². The average Bonchev–Trinajstić information content (AvgIpc) is 2.74. The summed E-state index contributed by atoms with van der Waals surface area (Å²) in [7, 11) is 0. The maximum Gasteiger partial charge on any atom is 0.331 e. The molecule has 4 N–H and O–H groups in total. The summed E-state index contributed by atoms with van der Waals surface area (Å²) >= 11 is 5.44. The lowest BCUT2D eigenvalue weighted by atomic mass is 9.80. The molecule has 2 heterocycles. The van der Waals surface area contributed by atoms with Crippen molar-refractivity contribution in [1.82, 2.24) is 9.55 Å². The minimum absolute atomic E-state index is 0.135. The largest absolute Gasteiger partial charge is 0.387 e. The first-order valence-electron chi connectivity index (χ1n) is 6.85. The topological polar surface area (TPSA) is 159 Å². The van der Waals surface area contributed by atoms with Gasteiger partial charge in [0.15, 0.2) is 17.1 Å². The predicted molar refractivity (Wildman–Crippen MR) is 78.3 cm³/mol. The standard InChI is InChI=1S/C13H14ClFN2O8/c1-4(18)12(24)8(20)7(9(14)21)25-13(12,5(2)19)17-3-6(15)10(22)16-11(17)23/h3,7-9,20-21,24H,1-2H3,(H,16,22,23)/t7-,8+,9?,12+,13+/m0/s1. The summed E-state index contributed by atoms with van der Waals surface area (Å²) in [6.07, 6.45) is -3.89. The fraction of sp³-hybridized carbons (Fsp3) is 0.538. The molecule has 0 radical (unpaired) electrons. The van der Waals surface area contributed by atoms with Crippen molar-refractivity contribution in [3.05, 3.63) is 32.9 Å². The van der Waals surface area contributed by atoms with Crippen LogP contribution in [-0.2, 0) is 20.1 Å². The minimum Gasteiger partial charge on any atom is -0.387 e. The molecule has 10 nitrogen and oxygen atoms in total. The van der Waals surface area contributed by atoms with Gasteiger partial charge in [-0.1, -0.05) is 11.6 Å². The van der Waals surface area contributed by atoms with E-state index in [9.17, 15) is 38.9 Å². The molecular weight excluding hydrogens is 367 g/mol. The Hall–Kier alpha value is -1.92. The van der Waals surface area contributed by atoms with E-state index in [1.807, 2.05) is 0 Å². The number of halogens is 2. The molecule has 0 spiro atoms. The van der Waals surface area contributed by atoms with Crippen molar-refractivity contribution in [2.45, 2.75) is 42.9 Å². The van der Waals surface area contributed by atoms with Crippen LogP contribution in [0.5, 0.6) is 0 Å². The summed E-state index contributed by atoms with van der Waals surface area (Å²) in [4.78, 5) is 49.2. The molecule has 12 heteroatoms. The highest BCUT2D eigenvalue weighted by Crippen LogP contribution is 2.45. The number of alkyl halides is 1. The SMILES string of the molecule is CC(=O)[C@@]1(O)[C@H](O)[C@@H](C(O)Cl)O[C@@]1(C(C)=O)n1cc(F)c(=O)[nH]c1=O. The number of aliphatic hydroxyl groups is 3. The zero-order valence-electron chi connectivity index (χ0n) is 12.9. The first kappa shape index (κ1) is 19.4. The van der Waals surface area contributed by atoms with Crippen LogP contribution in [0.25, 0.3) is 0 Å². The Morgan fingerprint density at radius 2 is 1.96 bits per heavy atom. The summed E-state index contributed by atoms with van der Waals surface area (Å²) in [6, 6.07) is 0. The van der Waals surface area contributed by atoms with Gasteiger partial charge >= 0.3 is 5.69 Å². The van der Waals surface area contributed by atoms with Gasteiger partial charge in [0, 0.05) is 0 Å². The van der Waals surface area contributed by atoms with Gasteiger partial charge in [0.1, 0.15) is 12.2 Å². The van der Waals surface area contributed by atoms with Crippen LogP contribution in [0.1, 0.15) is 13.8 Å². The smallest absolute Gasteiger partial charge is 0.331 e. The minimum atomic E-state index is -3.10. The van der Waals surface area contributed by atoms with Crippen LogP contribution in [0.3, 0.4) is 0 Å². The first-order chi connectivity index (χ1) is 11.4. The summed E-state index contributed by atoms with van der Waals surface area (Å²) in [5.74, 6) is -3.95. The number of hydrogen-bond acceptors (Lipinski definition) is 8. The Morgan fingerprint density at radius 3 is 2.40 bits per heavy atom. The first-order valence-corrected chi connectivity index (χ1v) is 7.29. The van der Waals surface area contributed by atoms with E-state index in [1.165, 1.54) is 0 Å². The van der Waals surface area contributed by atoms with Gasteiger partial charge in [-0.15, -0.1) is 0 Å². The lowest BCUT2D eigenvalue weighted by molar-refractivity contribution is -0.202. The van der Waals surface area contributed by atoms with Crippen LogP contribution < -0.4 is 11.2 Å². The number of aliphatic hydroxyl groups excluding tert-OH is 2. The van der Waals surface area contributed by atoms with E-state index in [1.54, 1.807) is 4.98 Å². The molecule has 0 aromatic carbocycles. The van der Waals surface area contributed by atoms with E-state index in [-0.39, 0.29) is 10.8 Å². The average molecular weight is 381 g/mol. The molecule has 1 aromatic heterocycles. The highest BCUT2D eigenvalue weighted by molar-refractivity contribution is 6.20. The van der Waals surface area contributed by atoms with Crippen molar-refractivity contribution in [1.29, 1.82) is 0 Å². The Labute approximate surface area is 143 Å². The number of aromatic amines is 1. The molecule has 1 aliphatic rings. The van der Waals surface area contributed by atoms with Gasteiger partial charge in [0.05, 0.1) is 6.20 Å². The van der Waals surface area contributed by atoms with Crippen molar-refractivity contribution < 1.29 is 34.0 Å². The van der Waals surface area contributed by atoms with Gasteiger partial charge in [0.2, 0.25) is 17.1 Å². The van der Waals surface area contributed by atoms with Crippen LogP contribution in [0.4, 0.5) is 4.39 Å². The Bertz CT molecular complexity index is 851. The van der Waals surface area contributed by atoms with E-state index in [2.05, 4.69) is 0 Å². The summed E-state index contributed by atoms with van der Waals surface area (Å²) in [5, 5.41) is 30.5. The second-order valence-corrected chi connectivity index (χ2v) is 5.98. The monoisotopic (exact) mass is 380 g/mol. The highest BCUT2D eigenvalue weighted by atomic mass is 35.5. The molecule has 138 valence electrons. The number of ether oxygens (including phenoxy) is 1. The van der Waals surface area contributed by atoms with Crippen LogP contribution in [0.15, 0.2) is 15.8 Å². The molecule has 1 aromatic rings. The molecule has 1 aliphatic heterocycles. The van der Waals surface area contributed by atoms with Gasteiger partial charge in [0.25, 0.3) is 5.56 Å². The van der Waals surface area contributed by atoms with Gasteiger partial charge < -0.3 is 20.1 Å². The lowest BCUT2D eigenvalue weighted by Crippen LogP contribution is -2.67. The molecular formula is C13H14ClFN2O8. The van der Waals surface area contributed by atoms with Crippen LogP contribution >= 0.6 is 11.6 Å². The Balaban J connectivity index is 2.93. The number of aromatic nitrogens is 2. The lowest BCUT2D eigenvalue weighted by Gasteiger charge is -2.38. The number of carbonyl (C=O) groups is 2. The van der Waals surface area contributed by atoms with Crippen LogP contribution in [0, 0.1) is 5.82 Å². The number of H-pyrrole nitrogens is 1. The van der Waals surface area contributed by atoms with E-state index in [0.717, 1.165) is 13.8 Å². The molecule has 0 aliphatic carbocycles. The molecule has 0 bridgehead atoms. The number of hydrogen-bond donors (Lipinski definition) is 4. The Kier molecular flexibility index (Phi) is 4.74. The van der Waals surface area contributed by atoms with Crippen molar-refractivity contribution in [3.8, 4) is 0 Å². The van der Waals surface area contributed by atoms with Crippen LogP contribution in [0.2, 0.25) is 0 Å². The van der Waals surface area contributed by atoms with Crippen molar-refractivity contribution >= 4 is 23.2 Å². The second kappa shape index (κ2) is 6.11. The normalized spacial score (nSPS) is 33.2. The third-order valence-corrected chi connectivity index (χ3v) is 4.33. The molecule has 5 atom stereocenters. The number of carbonyl (C=O) groups excluding carboxylic acids is 2. The van der Waals surface area contributed by atoms with Crippen molar-refractivity contribution in [2.24, 2.45) is 0 Å². The van der Waals surface area contributed by atoms with E-state index >= 15 is 0 Å². The van der Waals surface area contributed by atoms with Gasteiger partial charge in [-0.3, -0.25) is 23.9 Å². The molecule has 2 rings (SSSR count). The predicted octanol–water partition coefficient (Wildman–Crippen LogP) is -2.45. The molecule has 1 fully saturated rings. The number of nitrogens with zero attached hydrogens (tertiary/aromatic N) is 1. The number of Topliss-reactive ketones (excluding diaryl/α,β-unsaturated/α-hetero) is 2. The third kappa shape index (κ3) is 2.47. The van der Waals surface area contributed by atoms with Gasteiger partial charge in [-0.25, -0.2) is 4.79 Å². The summed E-state index contributed by atoms with van der Waals surface area (Å²) in [6.45, 7) is 1.57.